The SMILES string of the molecule is CCCNCCCS(=O)(=O)NC(C1CC1)C1CC1. The van der Waals surface area contributed by atoms with Crippen molar-refractivity contribution in [3.05, 3.63) is 0 Å². The van der Waals surface area contributed by atoms with Gasteiger partial charge in [-0.05, 0) is 63.5 Å². The molecule has 0 saturated heterocycles. The average molecular weight is 274 g/mol. The number of hydrogen-bond donors (Lipinski definition) is 2. The monoisotopic (exact) mass is 274 g/mol. The Morgan fingerprint density at radius 2 is 1.72 bits per heavy atom. The molecule has 4 nitrogen and oxygen atoms in total. The molecule has 0 bridgehead atoms. The third-order valence-electron chi connectivity index (χ3n) is 3.77. The fraction of sp³-hybridized carbons (Fsp3) is 1.00. The van der Waals surface area contributed by atoms with Crippen LogP contribution in [0.3, 0.4) is 0 Å². The van der Waals surface area contributed by atoms with Crippen molar-refractivity contribution in [2.75, 3.05) is 18.8 Å². The highest BCUT2D eigenvalue weighted by Gasteiger charge is 2.43. The minimum atomic E-state index is -3.07. The third kappa shape index (κ3) is 4.86. The van der Waals surface area contributed by atoms with Gasteiger partial charge in [0.2, 0.25) is 10.0 Å². The van der Waals surface area contributed by atoms with Gasteiger partial charge in [-0.3, -0.25) is 0 Å². The van der Waals surface area contributed by atoms with Gasteiger partial charge < -0.3 is 5.32 Å². The molecule has 0 radical (unpaired) electrons. The lowest BCUT2D eigenvalue weighted by atomic mass is 10.1. The van der Waals surface area contributed by atoms with Gasteiger partial charge in [-0.15, -0.1) is 0 Å². The molecule has 2 fully saturated rings. The topological polar surface area (TPSA) is 58.2 Å². The highest BCUT2D eigenvalue weighted by atomic mass is 32.2. The van der Waals surface area contributed by atoms with Crippen molar-refractivity contribution in [1.29, 1.82) is 0 Å². The van der Waals surface area contributed by atoms with Gasteiger partial charge in [-0.2, -0.15) is 0 Å². The molecular weight excluding hydrogens is 248 g/mol. The quantitative estimate of drug-likeness (QED) is 0.593. The second-order valence-corrected chi connectivity index (χ2v) is 7.61. The summed E-state index contributed by atoms with van der Waals surface area (Å²) in [6, 6.07) is 0.249. The van der Waals surface area contributed by atoms with Gasteiger partial charge >= 0.3 is 0 Å². The van der Waals surface area contributed by atoms with Crippen molar-refractivity contribution in [1.82, 2.24) is 10.0 Å². The lowest BCUT2D eigenvalue weighted by Gasteiger charge is -2.17. The van der Waals surface area contributed by atoms with E-state index in [1.165, 1.54) is 25.7 Å². The molecule has 2 aliphatic carbocycles. The molecule has 0 aromatic heterocycles. The molecule has 2 aliphatic rings. The first-order valence-corrected chi connectivity index (χ1v) is 8.98. The van der Waals surface area contributed by atoms with Crippen molar-refractivity contribution in [2.45, 2.75) is 51.5 Å². The van der Waals surface area contributed by atoms with E-state index in [1.807, 2.05) is 0 Å². The molecule has 2 N–H and O–H groups in total. The van der Waals surface area contributed by atoms with Gasteiger partial charge in [0.15, 0.2) is 0 Å². The van der Waals surface area contributed by atoms with E-state index in [1.54, 1.807) is 0 Å². The summed E-state index contributed by atoms with van der Waals surface area (Å²) in [6.07, 6.45) is 6.64. The first-order valence-electron chi connectivity index (χ1n) is 7.33. The molecule has 0 heterocycles. The van der Waals surface area contributed by atoms with Crippen molar-refractivity contribution in [3.63, 3.8) is 0 Å². The summed E-state index contributed by atoms with van der Waals surface area (Å²) in [5.41, 5.74) is 0. The Balaban J connectivity index is 1.68. The van der Waals surface area contributed by atoms with Crippen LogP contribution in [-0.4, -0.2) is 33.3 Å². The van der Waals surface area contributed by atoms with Crippen LogP contribution in [0.1, 0.15) is 45.4 Å². The van der Waals surface area contributed by atoms with E-state index in [-0.39, 0.29) is 11.8 Å². The number of rotatable bonds is 10. The molecule has 0 atom stereocenters. The van der Waals surface area contributed by atoms with Crippen LogP contribution in [0.5, 0.6) is 0 Å². The van der Waals surface area contributed by atoms with E-state index in [4.69, 9.17) is 0 Å². The lowest BCUT2D eigenvalue weighted by molar-refractivity contribution is 0.470. The first kappa shape index (κ1) is 14.3. The summed E-state index contributed by atoms with van der Waals surface area (Å²) in [5.74, 6) is 1.52. The molecule has 0 aliphatic heterocycles. The van der Waals surface area contributed by atoms with Gasteiger partial charge in [-0.25, -0.2) is 13.1 Å². The summed E-state index contributed by atoms with van der Waals surface area (Å²) in [4.78, 5) is 0. The number of nitrogens with one attached hydrogen (secondary N) is 2. The zero-order chi connectivity index (χ0) is 13.0. The molecule has 0 spiro atoms. The second kappa shape index (κ2) is 6.35. The Hall–Kier alpha value is -0.130. The van der Waals surface area contributed by atoms with E-state index in [9.17, 15) is 8.42 Å². The van der Waals surface area contributed by atoms with E-state index in [0.29, 0.717) is 18.3 Å². The van der Waals surface area contributed by atoms with Crippen LogP contribution in [0.15, 0.2) is 0 Å². The van der Waals surface area contributed by atoms with Crippen molar-refractivity contribution in [3.8, 4) is 0 Å². The summed E-state index contributed by atoms with van der Waals surface area (Å²) in [5, 5.41) is 3.24. The van der Waals surface area contributed by atoms with Gasteiger partial charge in [0, 0.05) is 6.04 Å². The summed E-state index contributed by atoms with van der Waals surface area (Å²) in [7, 11) is -3.07. The number of sulfonamides is 1. The van der Waals surface area contributed by atoms with Gasteiger partial charge in [0.25, 0.3) is 0 Å². The molecule has 18 heavy (non-hydrogen) atoms. The highest BCUT2D eigenvalue weighted by molar-refractivity contribution is 7.89. The van der Waals surface area contributed by atoms with Crippen LogP contribution in [0.2, 0.25) is 0 Å². The number of hydrogen-bond acceptors (Lipinski definition) is 3. The Bertz CT molecular complexity index is 336. The standard InChI is InChI=1S/C13H26N2O2S/c1-2-8-14-9-3-10-18(16,17)15-13(11-4-5-11)12-6-7-12/h11-15H,2-10H2,1H3. The fourth-order valence-electron chi connectivity index (χ4n) is 2.44. The van der Waals surface area contributed by atoms with E-state index in [2.05, 4.69) is 17.0 Å². The van der Waals surface area contributed by atoms with Gasteiger partial charge in [0.1, 0.15) is 0 Å². The summed E-state index contributed by atoms with van der Waals surface area (Å²) >= 11 is 0. The maximum absolute atomic E-state index is 12.0. The van der Waals surface area contributed by atoms with Gasteiger partial charge in [0.05, 0.1) is 5.75 Å². The molecule has 0 aromatic carbocycles. The smallest absolute Gasteiger partial charge is 0.211 e. The molecule has 106 valence electrons. The van der Waals surface area contributed by atoms with Crippen molar-refractivity contribution in [2.24, 2.45) is 11.8 Å². The van der Waals surface area contributed by atoms with Crippen LogP contribution < -0.4 is 10.0 Å². The van der Waals surface area contributed by atoms with Crippen LogP contribution in [-0.2, 0) is 10.0 Å². The largest absolute Gasteiger partial charge is 0.317 e. The van der Waals surface area contributed by atoms with E-state index in [0.717, 1.165) is 19.5 Å². The van der Waals surface area contributed by atoms with Crippen LogP contribution >= 0.6 is 0 Å². The molecule has 0 aromatic rings. The predicted octanol–water partition coefficient (Wildman–Crippen LogP) is 1.48. The van der Waals surface area contributed by atoms with Crippen molar-refractivity contribution < 1.29 is 8.42 Å². The Morgan fingerprint density at radius 1 is 1.11 bits per heavy atom. The predicted molar refractivity (Wildman–Crippen MR) is 73.9 cm³/mol. The Labute approximate surface area is 111 Å². The second-order valence-electron chi connectivity index (χ2n) is 5.74. The summed E-state index contributed by atoms with van der Waals surface area (Å²) < 4.78 is 27.0. The lowest BCUT2D eigenvalue weighted by Crippen LogP contribution is -2.39. The maximum Gasteiger partial charge on any atom is 0.211 e. The molecule has 2 rings (SSSR count). The highest BCUT2D eigenvalue weighted by Crippen LogP contribution is 2.44. The van der Waals surface area contributed by atoms with E-state index < -0.39 is 10.0 Å². The van der Waals surface area contributed by atoms with Crippen LogP contribution in [0, 0.1) is 11.8 Å². The molecule has 0 unspecified atom stereocenters. The maximum atomic E-state index is 12.0. The van der Waals surface area contributed by atoms with E-state index >= 15 is 0 Å². The van der Waals surface area contributed by atoms with Crippen molar-refractivity contribution >= 4 is 10.0 Å². The zero-order valence-corrected chi connectivity index (χ0v) is 12.1. The van der Waals surface area contributed by atoms with Crippen LogP contribution in [0.4, 0.5) is 0 Å². The minimum Gasteiger partial charge on any atom is -0.317 e. The Morgan fingerprint density at radius 3 is 2.22 bits per heavy atom. The average Bonchev–Trinajstić information content (AvgIpc) is 3.17. The summed E-state index contributed by atoms with van der Waals surface area (Å²) in [6.45, 7) is 3.88. The molecule has 2 saturated carbocycles. The third-order valence-corrected chi connectivity index (χ3v) is 5.23. The molecular formula is C13H26N2O2S. The Kier molecular flexibility index (Phi) is 5.04. The minimum absolute atomic E-state index is 0.249. The van der Waals surface area contributed by atoms with Gasteiger partial charge in [-0.1, -0.05) is 6.92 Å². The molecule has 5 heteroatoms. The fourth-order valence-corrected chi connectivity index (χ4v) is 3.89. The first-order chi connectivity index (χ1) is 8.62. The normalized spacial score (nSPS) is 20.6. The molecule has 0 amide bonds. The van der Waals surface area contributed by atoms with Crippen LogP contribution in [0.25, 0.3) is 0 Å². The zero-order valence-electron chi connectivity index (χ0n) is 11.3.